The molecule has 0 amide bonds. The highest BCUT2D eigenvalue weighted by Crippen LogP contribution is 2.43. The van der Waals surface area contributed by atoms with Gasteiger partial charge in [0.05, 0.1) is 22.2 Å². The van der Waals surface area contributed by atoms with E-state index < -0.39 is 0 Å². The Balaban J connectivity index is 1.13. The molecule has 0 atom stereocenters. The molecule has 0 saturated carbocycles. The van der Waals surface area contributed by atoms with E-state index in [4.69, 9.17) is 4.98 Å². The number of nitrogens with zero attached hydrogens (tertiary/aromatic N) is 2. The molecule has 46 heavy (non-hydrogen) atoms. The Morgan fingerprint density at radius 3 is 1.96 bits per heavy atom. The van der Waals surface area contributed by atoms with E-state index >= 15 is 0 Å². The fraction of sp³-hybridized carbons (Fsp3) is 0. The maximum Gasteiger partial charge on any atom is 0.0788 e. The minimum atomic E-state index is 1.03. The molecule has 10 aromatic rings. The van der Waals surface area contributed by atoms with Crippen LogP contribution in [0.2, 0.25) is 0 Å². The molecular weight excluding hydrogens is 577 g/mol. The van der Waals surface area contributed by atoms with Crippen LogP contribution in [0.25, 0.3) is 91.7 Å². The molecule has 0 aliphatic heterocycles. The summed E-state index contributed by atoms with van der Waals surface area (Å²) in [4.78, 5) is 5.25. The van der Waals surface area contributed by atoms with Crippen molar-refractivity contribution in [3.63, 3.8) is 0 Å². The summed E-state index contributed by atoms with van der Waals surface area (Å²) in [6.45, 7) is 0. The van der Waals surface area contributed by atoms with Crippen molar-refractivity contribution in [2.45, 2.75) is 0 Å². The second kappa shape index (κ2) is 9.87. The van der Waals surface area contributed by atoms with Gasteiger partial charge in [0.25, 0.3) is 0 Å². The van der Waals surface area contributed by atoms with Gasteiger partial charge in [-0.05, 0) is 53.6 Å². The van der Waals surface area contributed by atoms with Gasteiger partial charge in [-0.3, -0.25) is 0 Å². The van der Waals surface area contributed by atoms with Gasteiger partial charge in [0.15, 0.2) is 0 Å². The molecule has 0 fully saturated rings. The van der Waals surface area contributed by atoms with Crippen LogP contribution in [-0.4, -0.2) is 9.55 Å². The molecule has 0 aliphatic carbocycles. The number of para-hydroxylation sites is 3. The predicted molar refractivity (Wildman–Crippen MR) is 197 cm³/mol. The first kappa shape index (κ1) is 25.5. The number of pyridine rings is 1. The molecule has 0 unspecified atom stereocenters. The standard InChI is InChI=1S/C43H26N2S/c1-2-10-30(11-3-1)45-38-16-8-5-12-31(38)36-26-29(22-25-39(36)45)27-18-20-28(21-19-27)42-35-24-23-33-32-13-6-9-17-40(32)46-43(33)41(35)34-14-4-7-15-37(34)44-42/h1-26H. The first-order valence-corrected chi connectivity index (χ1v) is 16.5. The quantitative estimate of drug-likeness (QED) is 0.184. The molecule has 0 N–H and O–H groups in total. The third-order valence-corrected chi connectivity index (χ3v) is 10.6. The Morgan fingerprint density at radius 2 is 1.09 bits per heavy atom. The Hall–Kier alpha value is -5.77. The summed E-state index contributed by atoms with van der Waals surface area (Å²) in [5.41, 5.74) is 9.19. The molecule has 0 aliphatic rings. The molecule has 0 spiro atoms. The lowest BCUT2D eigenvalue weighted by atomic mass is 9.96. The summed E-state index contributed by atoms with van der Waals surface area (Å²) in [5.74, 6) is 0. The second-order valence-electron chi connectivity index (χ2n) is 11.9. The SMILES string of the molecule is c1ccc(-n2c3ccccc3c3cc(-c4ccc(-c5nc6ccccc6c6c5ccc5c7ccccc7sc56)cc4)ccc32)cc1. The van der Waals surface area contributed by atoms with Crippen molar-refractivity contribution >= 4 is 75.0 Å². The first-order valence-electron chi connectivity index (χ1n) is 15.6. The average Bonchev–Trinajstić information content (AvgIpc) is 3.67. The van der Waals surface area contributed by atoms with Gasteiger partial charge in [0.2, 0.25) is 0 Å². The highest BCUT2D eigenvalue weighted by molar-refractivity contribution is 7.26. The minimum Gasteiger partial charge on any atom is -0.309 e. The highest BCUT2D eigenvalue weighted by atomic mass is 32.1. The smallest absolute Gasteiger partial charge is 0.0788 e. The number of benzene rings is 7. The van der Waals surface area contributed by atoms with Crippen molar-refractivity contribution in [3.8, 4) is 28.1 Å². The van der Waals surface area contributed by atoms with Crippen molar-refractivity contribution in [3.05, 3.63) is 158 Å². The maximum absolute atomic E-state index is 5.25. The van der Waals surface area contributed by atoms with Gasteiger partial charge in [-0.2, -0.15) is 0 Å². The van der Waals surface area contributed by atoms with E-state index in [1.54, 1.807) is 0 Å². The summed E-state index contributed by atoms with van der Waals surface area (Å²) in [7, 11) is 0. The summed E-state index contributed by atoms with van der Waals surface area (Å²) in [5, 5.41) is 8.85. The topological polar surface area (TPSA) is 17.8 Å². The van der Waals surface area contributed by atoms with Crippen LogP contribution in [-0.2, 0) is 0 Å². The summed E-state index contributed by atoms with van der Waals surface area (Å²) in [6, 6.07) is 57.0. The van der Waals surface area contributed by atoms with Crippen molar-refractivity contribution in [2.75, 3.05) is 0 Å². The number of aromatic nitrogens is 2. The van der Waals surface area contributed by atoms with E-state index in [1.807, 2.05) is 11.3 Å². The van der Waals surface area contributed by atoms with E-state index in [0.717, 1.165) is 16.8 Å². The summed E-state index contributed by atoms with van der Waals surface area (Å²) < 4.78 is 5.01. The maximum atomic E-state index is 5.25. The number of thiophene rings is 1. The fourth-order valence-electron chi connectivity index (χ4n) is 7.27. The van der Waals surface area contributed by atoms with Crippen molar-refractivity contribution < 1.29 is 0 Å². The number of hydrogen-bond donors (Lipinski definition) is 0. The van der Waals surface area contributed by atoms with Crippen LogP contribution in [0, 0.1) is 0 Å². The Kier molecular flexibility index (Phi) is 5.48. The lowest BCUT2D eigenvalue weighted by Gasteiger charge is -2.12. The van der Waals surface area contributed by atoms with E-state index in [0.29, 0.717) is 0 Å². The van der Waals surface area contributed by atoms with Crippen LogP contribution >= 0.6 is 11.3 Å². The predicted octanol–water partition coefficient (Wildman–Crippen LogP) is 12.2. The van der Waals surface area contributed by atoms with E-state index in [-0.39, 0.29) is 0 Å². The molecule has 0 radical (unpaired) electrons. The van der Waals surface area contributed by atoms with Crippen LogP contribution in [0.15, 0.2) is 158 Å². The zero-order valence-electron chi connectivity index (χ0n) is 24.8. The molecule has 3 heteroatoms. The largest absolute Gasteiger partial charge is 0.309 e. The van der Waals surface area contributed by atoms with Crippen LogP contribution in [0.3, 0.4) is 0 Å². The molecule has 3 aromatic heterocycles. The molecule has 7 aromatic carbocycles. The van der Waals surface area contributed by atoms with Crippen molar-refractivity contribution in [1.29, 1.82) is 0 Å². The molecular formula is C43H26N2S. The van der Waals surface area contributed by atoms with Crippen LogP contribution < -0.4 is 0 Å². The van der Waals surface area contributed by atoms with Crippen LogP contribution in [0.4, 0.5) is 0 Å². The van der Waals surface area contributed by atoms with Gasteiger partial charge in [0.1, 0.15) is 0 Å². The summed E-state index contributed by atoms with van der Waals surface area (Å²) in [6.07, 6.45) is 0. The number of rotatable bonds is 3. The Bertz CT molecular complexity index is 2790. The lowest BCUT2D eigenvalue weighted by Crippen LogP contribution is -1.92. The zero-order valence-corrected chi connectivity index (χ0v) is 25.6. The lowest BCUT2D eigenvalue weighted by molar-refractivity contribution is 1.18. The third kappa shape index (κ3) is 3.73. The average molecular weight is 603 g/mol. The summed E-state index contributed by atoms with van der Waals surface area (Å²) >= 11 is 1.88. The van der Waals surface area contributed by atoms with Crippen molar-refractivity contribution in [2.24, 2.45) is 0 Å². The van der Waals surface area contributed by atoms with Crippen LogP contribution in [0.5, 0.6) is 0 Å². The van der Waals surface area contributed by atoms with Gasteiger partial charge < -0.3 is 4.57 Å². The van der Waals surface area contributed by atoms with Crippen LogP contribution in [0.1, 0.15) is 0 Å². The van der Waals surface area contributed by atoms with E-state index in [9.17, 15) is 0 Å². The Labute approximate surface area is 269 Å². The molecule has 0 saturated heterocycles. The second-order valence-corrected chi connectivity index (χ2v) is 13.0. The zero-order chi connectivity index (χ0) is 30.2. The highest BCUT2D eigenvalue weighted by Gasteiger charge is 2.17. The fourth-order valence-corrected chi connectivity index (χ4v) is 8.53. The molecule has 0 bridgehead atoms. The van der Waals surface area contributed by atoms with Gasteiger partial charge in [0, 0.05) is 58.4 Å². The monoisotopic (exact) mass is 602 g/mol. The number of fused-ring (bicyclic) bond motifs is 10. The Morgan fingerprint density at radius 1 is 0.435 bits per heavy atom. The van der Waals surface area contributed by atoms with E-state index in [1.165, 1.54) is 75.0 Å². The van der Waals surface area contributed by atoms with E-state index in [2.05, 4.69) is 162 Å². The normalized spacial score (nSPS) is 11.9. The first-order chi connectivity index (χ1) is 22.8. The minimum absolute atomic E-state index is 1.03. The number of hydrogen-bond acceptors (Lipinski definition) is 2. The van der Waals surface area contributed by atoms with Crippen molar-refractivity contribution in [1.82, 2.24) is 9.55 Å². The van der Waals surface area contributed by atoms with Gasteiger partial charge in [-0.15, -0.1) is 11.3 Å². The van der Waals surface area contributed by atoms with Gasteiger partial charge >= 0.3 is 0 Å². The van der Waals surface area contributed by atoms with Gasteiger partial charge in [-0.1, -0.05) is 115 Å². The third-order valence-electron chi connectivity index (χ3n) is 9.39. The molecule has 2 nitrogen and oxygen atoms in total. The molecule has 3 heterocycles. The van der Waals surface area contributed by atoms with Gasteiger partial charge in [-0.25, -0.2) is 4.98 Å². The molecule has 10 rings (SSSR count). The molecule has 214 valence electrons.